The molecule has 0 bridgehead atoms. The van der Waals surface area contributed by atoms with Gasteiger partial charge in [-0.05, 0) is 31.0 Å². The van der Waals surface area contributed by atoms with Crippen molar-refractivity contribution in [1.82, 2.24) is 9.55 Å². The van der Waals surface area contributed by atoms with Crippen molar-refractivity contribution in [3.63, 3.8) is 0 Å². The van der Waals surface area contributed by atoms with E-state index in [2.05, 4.69) is 11.9 Å². The number of imidazole rings is 1. The molecule has 0 spiro atoms. The molecule has 18 heavy (non-hydrogen) atoms. The maximum absolute atomic E-state index is 9.42. The average molecular weight is 249 g/mol. The number of nitrogens with zero attached hydrogens (tertiary/aromatic N) is 2. The van der Waals surface area contributed by atoms with Gasteiger partial charge in [0, 0.05) is 18.3 Å². The molecular formula is C13H19N3O2. The minimum Gasteiger partial charge on any atom is -0.399 e. The molecular weight excluding hydrogens is 230 g/mol. The zero-order valence-electron chi connectivity index (χ0n) is 10.5. The van der Waals surface area contributed by atoms with Gasteiger partial charge in [0.2, 0.25) is 0 Å². The molecule has 0 amide bonds. The number of aliphatic hydroxyl groups is 2. The predicted molar refractivity (Wildman–Crippen MR) is 71.1 cm³/mol. The van der Waals surface area contributed by atoms with Crippen molar-refractivity contribution in [2.24, 2.45) is 0 Å². The highest BCUT2D eigenvalue weighted by Gasteiger charge is 2.17. The highest BCUT2D eigenvalue weighted by atomic mass is 16.3. The first kappa shape index (κ1) is 12.9. The van der Waals surface area contributed by atoms with Crippen LogP contribution >= 0.6 is 0 Å². The van der Waals surface area contributed by atoms with Gasteiger partial charge in [-0.25, -0.2) is 4.98 Å². The predicted octanol–water partition coefficient (Wildman–Crippen LogP) is 1.44. The van der Waals surface area contributed by atoms with Gasteiger partial charge >= 0.3 is 0 Å². The Balaban J connectivity index is 2.58. The van der Waals surface area contributed by atoms with Crippen LogP contribution in [0.2, 0.25) is 0 Å². The van der Waals surface area contributed by atoms with Crippen LogP contribution in [-0.2, 0) is 6.61 Å². The minimum absolute atomic E-state index is 0.115. The monoisotopic (exact) mass is 249 g/mol. The van der Waals surface area contributed by atoms with Crippen molar-refractivity contribution in [1.29, 1.82) is 0 Å². The van der Waals surface area contributed by atoms with Crippen LogP contribution in [0.25, 0.3) is 11.0 Å². The summed E-state index contributed by atoms with van der Waals surface area (Å²) in [6.45, 7) is 2.07. The summed E-state index contributed by atoms with van der Waals surface area (Å²) in [4.78, 5) is 4.39. The Kier molecular flexibility index (Phi) is 3.84. The lowest BCUT2D eigenvalue weighted by molar-refractivity contribution is 0.237. The number of fused-ring (bicyclic) bond motifs is 1. The molecule has 1 aromatic carbocycles. The standard InChI is InChI=1S/C13H19N3O2/c1-2-10(5-6-17)16-12-4-3-9(14)7-11(12)15-13(16)8-18/h3-4,7,10,17-18H,2,5-6,8,14H2,1H3. The number of hydrogen-bond acceptors (Lipinski definition) is 4. The second kappa shape index (κ2) is 5.37. The fourth-order valence-electron chi connectivity index (χ4n) is 2.35. The largest absolute Gasteiger partial charge is 0.399 e. The Morgan fingerprint density at radius 3 is 2.78 bits per heavy atom. The molecule has 5 heteroatoms. The molecule has 98 valence electrons. The second-order valence-corrected chi connectivity index (χ2v) is 4.38. The van der Waals surface area contributed by atoms with Gasteiger partial charge in [-0.1, -0.05) is 6.92 Å². The summed E-state index contributed by atoms with van der Waals surface area (Å²) >= 11 is 0. The molecule has 0 saturated heterocycles. The van der Waals surface area contributed by atoms with Crippen molar-refractivity contribution in [2.75, 3.05) is 12.3 Å². The van der Waals surface area contributed by atoms with E-state index in [0.29, 0.717) is 17.9 Å². The lowest BCUT2D eigenvalue weighted by Gasteiger charge is -2.19. The number of aromatic nitrogens is 2. The summed E-state index contributed by atoms with van der Waals surface area (Å²) in [7, 11) is 0. The summed E-state index contributed by atoms with van der Waals surface area (Å²) < 4.78 is 2.00. The van der Waals surface area contributed by atoms with Crippen molar-refractivity contribution in [2.45, 2.75) is 32.4 Å². The molecule has 1 atom stereocenters. The maximum atomic E-state index is 9.42. The van der Waals surface area contributed by atoms with Crippen LogP contribution in [-0.4, -0.2) is 26.4 Å². The third-order valence-electron chi connectivity index (χ3n) is 3.23. The van der Waals surface area contributed by atoms with Crippen molar-refractivity contribution in [3.8, 4) is 0 Å². The maximum Gasteiger partial charge on any atom is 0.135 e. The number of anilines is 1. The Labute approximate surface area is 106 Å². The molecule has 0 aliphatic rings. The van der Waals surface area contributed by atoms with E-state index < -0.39 is 0 Å². The third-order valence-corrected chi connectivity index (χ3v) is 3.23. The summed E-state index contributed by atoms with van der Waals surface area (Å²) in [5.74, 6) is 0.621. The minimum atomic E-state index is -0.115. The molecule has 1 heterocycles. The number of nitrogens with two attached hydrogens (primary N) is 1. The van der Waals surface area contributed by atoms with Crippen LogP contribution in [0, 0.1) is 0 Å². The molecule has 0 aliphatic carbocycles. The molecule has 4 N–H and O–H groups in total. The van der Waals surface area contributed by atoms with E-state index in [9.17, 15) is 5.11 Å². The quantitative estimate of drug-likeness (QED) is 0.700. The van der Waals surface area contributed by atoms with Gasteiger partial charge in [0.1, 0.15) is 12.4 Å². The van der Waals surface area contributed by atoms with Crippen molar-refractivity contribution >= 4 is 16.7 Å². The van der Waals surface area contributed by atoms with Gasteiger partial charge in [0.05, 0.1) is 11.0 Å². The van der Waals surface area contributed by atoms with Crippen LogP contribution < -0.4 is 5.73 Å². The molecule has 0 aliphatic heterocycles. The highest BCUT2D eigenvalue weighted by molar-refractivity contribution is 5.79. The van der Waals surface area contributed by atoms with Crippen molar-refractivity contribution < 1.29 is 10.2 Å². The normalized spacial score (nSPS) is 13.1. The topological polar surface area (TPSA) is 84.3 Å². The number of nitrogen functional groups attached to an aromatic ring is 1. The van der Waals surface area contributed by atoms with Crippen molar-refractivity contribution in [3.05, 3.63) is 24.0 Å². The molecule has 0 radical (unpaired) electrons. The molecule has 0 saturated carbocycles. The Hall–Kier alpha value is -1.59. The number of benzene rings is 1. The lowest BCUT2D eigenvalue weighted by atomic mass is 10.1. The van der Waals surface area contributed by atoms with Gasteiger partial charge in [0.15, 0.2) is 0 Å². The fourth-order valence-corrected chi connectivity index (χ4v) is 2.35. The van der Waals surface area contributed by atoms with E-state index in [0.717, 1.165) is 17.5 Å². The Morgan fingerprint density at radius 1 is 1.39 bits per heavy atom. The van der Waals surface area contributed by atoms with Gasteiger partial charge in [0.25, 0.3) is 0 Å². The smallest absolute Gasteiger partial charge is 0.135 e. The van der Waals surface area contributed by atoms with E-state index in [4.69, 9.17) is 10.8 Å². The third kappa shape index (κ3) is 2.19. The highest BCUT2D eigenvalue weighted by Crippen LogP contribution is 2.26. The Bertz CT molecular complexity index is 536. The first-order valence-electron chi connectivity index (χ1n) is 6.19. The molecule has 5 nitrogen and oxygen atoms in total. The number of rotatable bonds is 5. The van der Waals surface area contributed by atoms with Gasteiger partial charge in [-0.2, -0.15) is 0 Å². The SMILES string of the molecule is CCC(CCO)n1c(CO)nc2cc(N)ccc21. The fraction of sp³-hybridized carbons (Fsp3) is 0.462. The van der Waals surface area contributed by atoms with E-state index in [1.165, 1.54) is 0 Å². The van der Waals surface area contributed by atoms with Gasteiger partial charge in [-0.3, -0.25) is 0 Å². The van der Waals surface area contributed by atoms with Crippen LogP contribution in [0.5, 0.6) is 0 Å². The first-order chi connectivity index (χ1) is 8.71. The second-order valence-electron chi connectivity index (χ2n) is 4.38. The van der Waals surface area contributed by atoms with Crippen LogP contribution in [0.15, 0.2) is 18.2 Å². The molecule has 2 aromatic rings. The lowest BCUT2D eigenvalue weighted by Crippen LogP contribution is -2.13. The van der Waals surface area contributed by atoms with E-state index >= 15 is 0 Å². The zero-order valence-corrected chi connectivity index (χ0v) is 10.5. The van der Waals surface area contributed by atoms with E-state index in [1.807, 2.05) is 16.7 Å². The van der Waals surface area contributed by atoms with E-state index in [1.54, 1.807) is 6.07 Å². The van der Waals surface area contributed by atoms with Crippen LogP contribution in [0.1, 0.15) is 31.6 Å². The summed E-state index contributed by atoms with van der Waals surface area (Å²) in [6, 6.07) is 5.69. The van der Waals surface area contributed by atoms with Gasteiger partial charge < -0.3 is 20.5 Å². The van der Waals surface area contributed by atoms with Crippen LogP contribution in [0.4, 0.5) is 5.69 Å². The zero-order chi connectivity index (χ0) is 13.1. The first-order valence-corrected chi connectivity index (χ1v) is 6.19. The Morgan fingerprint density at radius 2 is 2.17 bits per heavy atom. The summed E-state index contributed by atoms with van der Waals surface area (Å²) in [5, 5.41) is 18.6. The number of aliphatic hydroxyl groups excluding tert-OH is 2. The molecule has 1 unspecified atom stereocenters. The van der Waals surface area contributed by atoms with Crippen LogP contribution in [0.3, 0.4) is 0 Å². The average Bonchev–Trinajstić information content (AvgIpc) is 2.73. The van der Waals surface area contributed by atoms with Gasteiger partial charge in [-0.15, -0.1) is 0 Å². The number of hydrogen-bond donors (Lipinski definition) is 3. The summed E-state index contributed by atoms with van der Waals surface area (Å²) in [5.41, 5.74) is 8.14. The summed E-state index contributed by atoms with van der Waals surface area (Å²) in [6.07, 6.45) is 1.53. The molecule has 1 aromatic heterocycles. The van der Waals surface area contributed by atoms with E-state index in [-0.39, 0.29) is 19.3 Å². The molecule has 0 fully saturated rings. The molecule has 2 rings (SSSR count).